The third kappa shape index (κ3) is 0.364. The van der Waals surface area contributed by atoms with Crippen LogP contribution in [0.5, 0.6) is 0 Å². The van der Waals surface area contributed by atoms with Gasteiger partial charge in [-0.1, -0.05) is 0 Å². The number of aliphatic imine (C=N–C) groups is 1. The van der Waals surface area contributed by atoms with Crippen LogP contribution in [0.1, 0.15) is 0 Å². The summed E-state index contributed by atoms with van der Waals surface area (Å²) < 4.78 is 0. The van der Waals surface area contributed by atoms with E-state index in [1.165, 1.54) is 6.20 Å². The zero-order chi connectivity index (χ0) is 5.28. The van der Waals surface area contributed by atoms with Crippen LogP contribution >= 0.6 is 0 Å². The van der Waals surface area contributed by atoms with Gasteiger partial charge in [0, 0.05) is 0 Å². The van der Waals surface area contributed by atoms with Crippen molar-refractivity contribution in [3.63, 3.8) is 0 Å². The Hall–Kier alpha value is -1.30. The first-order valence-corrected chi connectivity index (χ1v) is 1.78. The maximum Gasteiger partial charge on any atom is 0.165 e. The minimum Gasteiger partial charge on any atom is -0.395 e. The van der Waals surface area contributed by atoms with Crippen LogP contribution in [0, 0.1) is 11.3 Å². The fourth-order valence-corrected chi connectivity index (χ4v) is 0.297. The predicted octanol–water partition coefficient (Wildman–Crippen LogP) is -0.235. The smallest absolute Gasteiger partial charge is 0.165 e. The van der Waals surface area contributed by atoms with Gasteiger partial charge in [0.15, 0.2) is 5.71 Å². The van der Waals surface area contributed by atoms with Crippen molar-refractivity contribution < 1.29 is 0 Å². The highest BCUT2D eigenvalue weighted by molar-refractivity contribution is 6.14. The van der Waals surface area contributed by atoms with Crippen LogP contribution in [0.2, 0.25) is 0 Å². The van der Waals surface area contributed by atoms with E-state index in [4.69, 9.17) is 11.0 Å². The molecule has 0 fully saturated rings. The summed E-state index contributed by atoms with van der Waals surface area (Å²) >= 11 is 0. The Morgan fingerprint density at radius 3 is 2.57 bits per heavy atom. The molecule has 0 atom stereocenters. The number of hydrogen-bond acceptors (Lipinski definition) is 3. The van der Waals surface area contributed by atoms with Gasteiger partial charge in [-0.15, -0.1) is 0 Å². The fourth-order valence-electron chi connectivity index (χ4n) is 0.297. The van der Waals surface area contributed by atoms with Crippen molar-refractivity contribution in [3.05, 3.63) is 11.9 Å². The van der Waals surface area contributed by atoms with Crippen molar-refractivity contribution in [1.82, 2.24) is 0 Å². The van der Waals surface area contributed by atoms with E-state index < -0.39 is 0 Å². The van der Waals surface area contributed by atoms with E-state index in [1.807, 2.05) is 6.07 Å². The van der Waals surface area contributed by atoms with E-state index in [2.05, 4.69) is 4.99 Å². The first-order chi connectivity index (χ1) is 3.34. The van der Waals surface area contributed by atoms with Gasteiger partial charge in [-0.25, -0.2) is 4.99 Å². The number of nitrogens with two attached hydrogens (primary N) is 1. The van der Waals surface area contributed by atoms with Gasteiger partial charge in [-0.3, -0.25) is 0 Å². The molecule has 0 aromatic carbocycles. The minimum absolute atomic E-state index is 0.347. The summed E-state index contributed by atoms with van der Waals surface area (Å²) in [6, 6.07) is 1.81. The van der Waals surface area contributed by atoms with Gasteiger partial charge < -0.3 is 5.73 Å². The SMILES string of the molecule is N#CC1=NC=C1N. The normalized spacial score (nSPS) is 15.9. The molecule has 0 bridgehead atoms. The van der Waals surface area contributed by atoms with Gasteiger partial charge in [-0.2, -0.15) is 5.26 Å². The molecule has 1 heterocycles. The van der Waals surface area contributed by atoms with Crippen LogP contribution in [0.4, 0.5) is 0 Å². The number of hydrogen-bond donors (Lipinski definition) is 1. The third-order valence-electron chi connectivity index (χ3n) is 0.712. The summed E-state index contributed by atoms with van der Waals surface area (Å²) in [5, 5.41) is 8.05. The molecule has 0 amide bonds. The Morgan fingerprint density at radius 2 is 2.57 bits per heavy atom. The Bertz CT molecular complexity index is 182. The summed E-state index contributed by atoms with van der Waals surface area (Å²) in [4.78, 5) is 3.54. The highest BCUT2D eigenvalue weighted by Gasteiger charge is 2.06. The molecule has 0 aromatic rings. The predicted molar refractivity (Wildman–Crippen MR) is 25.3 cm³/mol. The molecule has 7 heavy (non-hydrogen) atoms. The summed E-state index contributed by atoms with van der Waals surface area (Å²) in [5.41, 5.74) is 5.98. The Labute approximate surface area is 40.8 Å². The fraction of sp³-hybridized carbons (Fsp3) is 0. The number of rotatable bonds is 0. The molecule has 2 N–H and O–H groups in total. The topological polar surface area (TPSA) is 62.2 Å². The molecule has 0 spiro atoms. The van der Waals surface area contributed by atoms with Crippen molar-refractivity contribution >= 4 is 5.71 Å². The maximum atomic E-state index is 8.05. The van der Waals surface area contributed by atoms with E-state index in [1.54, 1.807) is 0 Å². The highest BCUT2D eigenvalue weighted by atomic mass is 14.8. The Balaban J connectivity index is 2.69. The molecule has 1 aliphatic rings. The molecule has 1 aliphatic heterocycles. The van der Waals surface area contributed by atoms with E-state index in [0.29, 0.717) is 11.4 Å². The molecule has 0 saturated heterocycles. The van der Waals surface area contributed by atoms with Crippen LogP contribution < -0.4 is 5.73 Å². The van der Waals surface area contributed by atoms with E-state index >= 15 is 0 Å². The van der Waals surface area contributed by atoms with Crippen LogP contribution in [0.15, 0.2) is 16.9 Å². The lowest BCUT2D eigenvalue weighted by atomic mass is 10.2. The van der Waals surface area contributed by atoms with E-state index in [0.717, 1.165) is 0 Å². The van der Waals surface area contributed by atoms with E-state index in [9.17, 15) is 0 Å². The van der Waals surface area contributed by atoms with Crippen molar-refractivity contribution in [2.75, 3.05) is 0 Å². The largest absolute Gasteiger partial charge is 0.395 e. The second-order valence-corrected chi connectivity index (χ2v) is 1.17. The molecule has 3 nitrogen and oxygen atoms in total. The standard InChI is InChI=1S/C4H3N3/c5-1-4-3(6)2-7-4/h2H,6H2. The van der Waals surface area contributed by atoms with E-state index in [-0.39, 0.29) is 0 Å². The molecule has 3 heteroatoms. The van der Waals surface area contributed by atoms with Gasteiger partial charge in [-0.05, 0) is 0 Å². The Morgan fingerprint density at radius 1 is 1.86 bits per heavy atom. The monoisotopic (exact) mass is 93.0 g/mol. The zero-order valence-electron chi connectivity index (χ0n) is 3.55. The van der Waals surface area contributed by atoms with Gasteiger partial charge in [0.25, 0.3) is 0 Å². The average Bonchev–Trinajstić information content (AvgIpc) is 1.65. The summed E-state index contributed by atoms with van der Waals surface area (Å²) in [7, 11) is 0. The maximum absolute atomic E-state index is 8.05. The summed E-state index contributed by atoms with van der Waals surface area (Å²) in [6.07, 6.45) is 1.46. The van der Waals surface area contributed by atoms with Gasteiger partial charge in [0.2, 0.25) is 0 Å². The minimum atomic E-state index is 0.347. The molecule has 0 unspecified atom stereocenters. The lowest BCUT2D eigenvalue weighted by molar-refractivity contribution is 1.31. The molecule has 0 aliphatic carbocycles. The number of allylic oxidation sites excluding steroid dienone is 1. The van der Waals surface area contributed by atoms with Crippen LogP contribution in [0.25, 0.3) is 0 Å². The second kappa shape index (κ2) is 1.09. The van der Waals surface area contributed by atoms with Crippen molar-refractivity contribution in [2.24, 2.45) is 10.7 Å². The molecule has 34 valence electrons. The number of nitrogens with zero attached hydrogens (tertiary/aromatic N) is 2. The second-order valence-electron chi connectivity index (χ2n) is 1.17. The average molecular weight is 93.1 g/mol. The Kier molecular flexibility index (Phi) is 0.601. The van der Waals surface area contributed by atoms with Gasteiger partial charge >= 0.3 is 0 Å². The molecular weight excluding hydrogens is 90.1 g/mol. The lowest BCUT2D eigenvalue weighted by Crippen LogP contribution is -2.14. The van der Waals surface area contributed by atoms with Crippen molar-refractivity contribution in [3.8, 4) is 6.07 Å². The summed E-state index contributed by atoms with van der Waals surface area (Å²) in [6.45, 7) is 0. The first kappa shape index (κ1) is 3.88. The molecule has 0 saturated carbocycles. The molecule has 0 radical (unpaired) electrons. The lowest BCUT2D eigenvalue weighted by Gasteiger charge is -2.00. The highest BCUT2D eigenvalue weighted by Crippen LogP contribution is 1.99. The quantitative estimate of drug-likeness (QED) is 0.449. The molecule has 0 aromatic heterocycles. The van der Waals surface area contributed by atoms with Gasteiger partial charge in [0.1, 0.15) is 6.07 Å². The van der Waals surface area contributed by atoms with Crippen LogP contribution in [0.3, 0.4) is 0 Å². The first-order valence-electron chi connectivity index (χ1n) is 1.78. The number of nitriles is 1. The molecule has 1 rings (SSSR count). The molecular formula is C4H3N3. The van der Waals surface area contributed by atoms with Crippen molar-refractivity contribution in [2.45, 2.75) is 0 Å². The van der Waals surface area contributed by atoms with Crippen molar-refractivity contribution in [1.29, 1.82) is 5.26 Å². The van der Waals surface area contributed by atoms with Gasteiger partial charge in [0.05, 0.1) is 11.9 Å². The third-order valence-corrected chi connectivity index (χ3v) is 0.712. The van der Waals surface area contributed by atoms with Crippen LogP contribution in [-0.2, 0) is 0 Å². The zero-order valence-corrected chi connectivity index (χ0v) is 3.55. The summed E-state index contributed by atoms with van der Waals surface area (Å²) in [5.74, 6) is 0. The van der Waals surface area contributed by atoms with Crippen LogP contribution in [-0.4, -0.2) is 5.71 Å².